The highest BCUT2D eigenvalue weighted by molar-refractivity contribution is 7.89. The Kier molecular flexibility index (Phi) is 4.23. The van der Waals surface area contributed by atoms with Crippen molar-refractivity contribution in [2.45, 2.75) is 18.0 Å². The Morgan fingerprint density at radius 1 is 1.50 bits per heavy atom. The van der Waals surface area contributed by atoms with E-state index in [0.717, 1.165) is 0 Å². The molecular formula is C11H17N5O3S. The van der Waals surface area contributed by atoms with Crippen molar-refractivity contribution >= 4 is 21.5 Å². The second-order valence-corrected chi connectivity index (χ2v) is 5.95. The van der Waals surface area contributed by atoms with Crippen molar-refractivity contribution in [3.8, 4) is 0 Å². The Bertz CT molecular complexity index is 697. The standard InChI is InChI=1S/C11H17N5O3S/c1-8(7-19-2)15-20(17,18)11-10(14-12)13-9-5-3-4-6-16(9)11/h3-6,8,14-15H,7,12H2,1-2H3. The van der Waals surface area contributed by atoms with Crippen molar-refractivity contribution in [3.63, 3.8) is 0 Å². The van der Waals surface area contributed by atoms with Crippen molar-refractivity contribution in [3.05, 3.63) is 24.4 Å². The Morgan fingerprint density at radius 3 is 2.90 bits per heavy atom. The number of hydrogen-bond acceptors (Lipinski definition) is 6. The van der Waals surface area contributed by atoms with Crippen LogP contribution in [-0.4, -0.2) is 37.6 Å². The molecule has 2 heterocycles. The number of fused-ring (bicyclic) bond motifs is 1. The Labute approximate surface area is 117 Å². The molecule has 1 unspecified atom stereocenters. The highest BCUT2D eigenvalue weighted by Crippen LogP contribution is 2.21. The lowest BCUT2D eigenvalue weighted by Crippen LogP contribution is -2.36. The molecule has 0 aliphatic rings. The van der Waals surface area contributed by atoms with E-state index in [9.17, 15) is 8.42 Å². The highest BCUT2D eigenvalue weighted by atomic mass is 32.2. The molecular weight excluding hydrogens is 282 g/mol. The molecule has 20 heavy (non-hydrogen) atoms. The predicted octanol–water partition coefficient (Wildman–Crippen LogP) is -0.0669. The molecule has 110 valence electrons. The number of hydrogen-bond donors (Lipinski definition) is 3. The summed E-state index contributed by atoms with van der Waals surface area (Å²) in [5, 5.41) is -0.0291. The van der Waals surface area contributed by atoms with Crippen molar-refractivity contribution in [2.24, 2.45) is 5.84 Å². The van der Waals surface area contributed by atoms with Gasteiger partial charge in [-0.05, 0) is 19.1 Å². The van der Waals surface area contributed by atoms with Crippen molar-refractivity contribution < 1.29 is 13.2 Å². The number of hydrazine groups is 1. The van der Waals surface area contributed by atoms with Crippen molar-refractivity contribution in [2.75, 3.05) is 19.1 Å². The first kappa shape index (κ1) is 14.7. The fraction of sp³-hybridized carbons (Fsp3) is 0.364. The van der Waals surface area contributed by atoms with E-state index in [2.05, 4.69) is 15.1 Å². The maximum Gasteiger partial charge on any atom is 0.260 e. The molecule has 2 rings (SSSR count). The van der Waals surface area contributed by atoms with Gasteiger partial charge in [-0.25, -0.2) is 24.0 Å². The third kappa shape index (κ3) is 2.75. The van der Waals surface area contributed by atoms with Crippen LogP contribution in [-0.2, 0) is 14.8 Å². The van der Waals surface area contributed by atoms with E-state index >= 15 is 0 Å². The first-order valence-corrected chi connectivity index (χ1v) is 7.43. The SMILES string of the molecule is COCC(C)NS(=O)(=O)c1c(NN)nc2ccccn12. The average Bonchev–Trinajstić information content (AvgIpc) is 2.77. The van der Waals surface area contributed by atoms with Crippen LogP contribution >= 0.6 is 0 Å². The molecule has 4 N–H and O–H groups in total. The number of imidazole rings is 1. The van der Waals surface area contributed by atoms with Gasteiger partial charge in [-0.2, -0.15) is 0 Å². The predicted molar refractivity (Wildman–Crippen MR) is 74.7 cm³/mol. The maximum absolute atomic E-state index is 12.4. The lowest BCUT2D eigenvalue weighted by Gasteiger charge is -2.13. The van der Waals surface area contributed by atoms with Crippen LogP contribution in [0.1, 0.15) is 6.92 Å². The van der Waals surface area contributed by atoms with Crippen LogP contribution in [0.2, 0.25) is 0 Å². The van der Waals surface area contributed by atoms with Crippen molar-refractivity contribution in [1.82, 2.24) is 14.1 Å². The number of ether oxygens (including phenoxy) is 1. The van der Waals surface area contributed by atoms with Crippen LogP contribution in [0, 0.1) is 0 Å². The summed E-state index contributed by atoms with van der Waals surface area (Å²) in [6.07, 6.45) is 1.61. The first-order chi connectivity index (χ1) is 9.49. The minimum Gasteiger partial charge on any atom is -0.383 e. The van der Waals surface area contributed by atoms with Crippen LogP contribution in [0.15, 0.2) is 29.4 Å². The number of anilines is 1. The van der Waals surface area contributed by atoms with Crippen LogP contribution < -0.4 is 16.0 Å². The van der Waals surface area contributed by atoms with E-state index in [1.165, 1.54) is 11.5 Å². The number of rotatable bonds is 6. The molecule has 8 nitrogen and oxygen atoms in total. The fourth-order valence-electron chi connectivity index (χ4n) is 1.93. The van der Waals surface area contributed by atoms with E-state index in [0.29, 0.717) is 5.65 Å². The van der Waals surface area contributed by atoms with Gasteiger partial charge in [-0.3, -0.25) is 4.40 Å². The molecule has 2 aromatic rings. The molecule has 0 amide bonds. The van der Waals surface area contributed by atoms with Gasteiger partial charge in [0.1, 0.15) is 5.65 Å². The zero-order valence-electron chi connectivity index (χ0n) is 11.2. The third-order valence-corrected chi connectivity index (χ3v) is 4.26. The molecule has 2 aromatic heterocycles. The van der Waals surface area contributed by atoms with Crippen LogP contribution in [0.4, 0.5) is 5.82 Å². The quantitative estimate of drug-likeness (QED) is 0.509. The summed E-state index contributed by atoms with van der Waals surface area (Å²) in [5.74, 6) is 5.45. The second kappa shape index (κ2) is 5.75. The van der Waals surface area contributed by atoms with Gasteiger partial charge in [0.15, 0.2) is 10.8 Å². The molecule has 1 atom stereocenters. The largest absolute Gasteiger partial charge is 0.383 e. The molecule has 0 saturated heterocycles. The van der Waals surface area contributed by atoms with E-state index in [1.807, 2.05) is 0 Å². The monoisotopic (exact) mass is 299 g/mol. The molecule has 0 fully saturated rings. The lowest BCUT2D eigenvalue weighted by molar-refractivity contribution is 0.180. The molecule has 0 aliphatic heterocycles. The molecule has 0 saturated carbocycles. The minimum atomic E-state index is -3.78. The van der Waals surface area contributed by atoms with Gasteiger partial charge < -0.3 is 10.2 Å². The van der Waals surface area contributed by atoms with Crippen LogP contribution in [0.3, 0.4) is 0 Å². The summed E-state index contributed by atoms with van der Waals surface area (Å²) >= 11 is 0. The Hall–Kier alpha value is -1.68. The summed E-state index contributed by atoms with van der Waals surface area (Å²) in [7, 11) is -2.27. The number of nitrogens with one attached hydrogen (secondary N) is 2. The summed E-state index contributed by atoms with van der Waals surface area (Å²) < 4.78 is 33.8. The van der Waals surface area contributed by atoms with Gasteiger partial charge in [0.25, 0.3) is 10.0 Å². The van der Waals surface area contributed by atoms with Crippen LogP contribution in [0.25, 0.3) is 5.65 Å². The molecule has 0 bridgehead atoms. The average molecular weight is 299 g/mol. The van der Waals surface area contributed by atoms with Crippen molar-refractivity contribution in [1.29, 1.82) is 0 Å². The zero-order chi connectivity index (χ0) is 14.8. The number of nitrogens with zero attached hydrogens (tertiary/aromatic N) is 2. The smallest absolute Gasteiger partial charge is 0.260 e. The van der Waals surface area contributed by atoms with Gasteiger partial charge in [0.2, 0.25) is 0 Å². The van der Waals surface area contributed by atoms with E-state index in [1.54, 1.807) is 31.3 Å². The topological polar surface area (TPSA) is 111 Å². The third-order valence-electron chi connectivity index (χ3n) is 2.65. The van der Waals surface area contributed by atoms with Gasteiger partial charge in [-0.15, -0.1) is 0 Å². The summed E-state index contributed by atoms with van der Waals surface area (Å²) in [6, 6.07) is 4.80. The first-order valence-electron chi connectivity index (χ1n) is 5.94. The zero-order valence-corrected chi connectivity index (χ0v) is 12.0. The fourth-order valence-corrected chi connectivity index (χ4v) is 3.41. The molecule has 0 radical (unpaired) electrons. The maximum atomic E-state index is 12.4. The number of aromatic nitrogens is 2. The van der Waals surface area contributed by atoms with E-state index < -0.39 is 10.0 Å². The van der Waals surface area contributed by atoms with E-state index in [4.69, 9.17) is 10.6 Å². The lowest BCUT2D eigenvalue weighted by atomic mass is 10.4. The molecule has 0 spiro atoms. The van der Waals surface area contributed by atoms with Crippen LogP contribution in [0.5, 0.6) is 0 Å². The normalized spacial score (nSPS) is 13.6. The van der Waals surface area contributed by atoms with Gasteiger partial charge >= 0.3 is 0 Å². The minimum absolute atomic E-state index is 0.0291. The summed E-state index contributed by atoms with van der Waals surface area (Å²) in [4.78, 5) is 4.13. The highest BCUT2D eigenvalue weighted by Gasteiger charge is 2.26. The molecule has 0 aromatic carbocycles. The van der Waals surface area contributed by atoms with Gasteiger partial charge in [0, 0.05) is 19.3 Å². The number of methoxy groups -OCH3 is 1. The van der Waals surface area contributed by atoms with Gasteiger partial charge in [-0.1, -0.05) is 6.07 Å². The van der Waals surface area contributed by atoms with Gasteiger partial charge in [0.05, 0.1) is 6.61 Å². The Balaban J connectivity index is 2.50. The Morgan fingerprint density at radius 2 is 2.25 bits per heavy atom. The number of nitrogens with two attached hydrogens (primary N) is 1. The summed E-state index contributed by atoms with van der Waals surface area (Å²) in [6.45, 7) is 1.97. The number of pyridine rings is 1. The summed E-state index contributed by atoms with van der Waals surface area (Å²) in [5.41, 5.74) is 2.80. The second-order valence-electron chi connectivity index (χ2n) is 4.32. The number of sulfonamides is 1. The van der Waals surface area contributed by atoms with E-state index in [-0.39, 0.29) is 23.5 Å². The number of nitrogen functional groups attached to an aromatic ring is 1. The molecule has 9 heteroatoms. The molecule has 0 aliphatic carbocycles.